The first kappa shape index (κ1) is 24.8. The third kappa shape index (κ3) is 6.09. The quantitative estimate of drug-likeness (QED) is 0.339. The number of carbonyl (C=O) groups excluding carboxylic acids is 1. The summed E-state index contributed by atoms with van der Waals surface area (Å²) in [5.41, 5.74) is 2.63. The molecule has 3 N–H and O–H groups in total. The van der Waals surface area contributed by atoms with E-state index >= 15 is 0 Å². The lowest BCUT2D eigenvalue weighted by Gasteiger charge is -2.22. The van der Waals surface area contributed by atoms with E-state index in [1.54, 1.807) is 18.1 Å². The van der Waals surface area contributed by atoms with E-state index in [1.165, 1.54) is 17.7 Å². The Morgan fingerprint density at radius 1 is 1.22 bits per heavy atom. The summed E-state index contributed by atoms with van der Waals surface area (Å²) >= 11 is 1.53. The number of anilines is 3. The van der Waals surface area contributed by atoms with Crippen LogP contribution in [-0.4, -0.2) is 82.6 Å². The molecule has 0 saturated heterocycles. The summed E-state index contributed by atoms with van der Waals surface area (Å²) in [5, 5.41) is 10.3. The monoisotopic (exact) mass is 522 g/mol. The molecule has 11 nitrogen and oxygen atoms in total. The van der Waals surface area contributed by atoms with Gasteiger partial charge in [-0.3, -0.25) is 4.79 Å². The number of likely N-dealkylation sites (N-methyl/N-ethyl adjacent to an activating group) is 1. The van der Waals surface area contributed by atoms with Crippen molar-refractivity contribution in [2.75, 3.05) is 57.6 Å². The van der Waals surface area contributed by atoms with Crippen LogP contribution in [0.15, 0.2) is 42.3 Å². The fourth-order valence-corrected chi connectivity index (χ4v) is 4.71. The summed E-state index contributed by atoms with van der Waals surface area (Å²) < 4.78 is 12.0. The summed E-state index contributed by atoms with van der Waals surface area (Å²) in [6.45, 7) is 3.12. The van der Waals surface area contributed by atoms with Gasteiger partial charge in [0.25, 0.3) is 5.91 Å². The van der Waals surface area contributed by atoms with E-state index in [0.717, 1.165) is 46.9 Å². The highest BCUT2D eigenvalue weighted by Crippen LogP contribution is 2.33. The van der Waals surface area contributed by atoms with Gasteiger partial charge in [0.05, 0.1) is 11.9 Å². The normalized spacial score (nSPS) is 15.3. The van der Waals surface area contributed by atoms with Crippen LogP contribution in [0.1, 0.15) is 12.0 Å². The Labute approximate surface area is 218 Å². The van der Waals surface area contributed by atoms with E-state index < -0.39 is 0 Å². The standard InChI is InChI=1S/C25H30N8O3S/c1-32-8-3-9-33(2)21(34)15-36-20-12-18(4-5-19(20)35-10-6-26-25-27-7-11-37-25)31-24-22-17(14-32)13-28-23(22)29-16-30-24/h4-5,7,11-13,16H,3,6,8-10,14-15H2,1-2H3,(H,26,27)(H2,28,29,30,31). The largest absolute Gasteiger partial charge is 0.488 e. The Morgan fingerprint density at radius 2 is 2.14 bits per heavy atom. The number of aromatic amines is 1. The number of hydrogen-bond donors (Lipinski definition) is 3. The predicted octanol–water partition coefficient (Wildman–Crippen LogP) is 3.32. The van der Waals surface area contributed by atoms with Crippen molar-refractivity contribution in [2.24, 2.45) is 0 Å². The van der Waals surface area contributed by atoms with Gasteiger partial charge in [0.2, 0.25) is 0 Å². The second-order valence-corrected chi connectivity index (χ2v) is 9.75. The van der Waals surface area contributed by atoms with Crippen molar-refractivity contribution in [1.82, 2.24) is 29.7 Å². The molecule has 4 aromatic rings. The highest BCUT2D eigenvalue weighted by Gasteiger charge is 2.17. The smallest absolute Gasteiger partial charge is 0.260 e. The third-order valence-corrected chi connectivity index (χ3v) is 6.81. The molecule has 2 bridgehead atoms. The van der Waals surface area contributed by atoms with Gasteiger partial charge in [-0.1, -0.05) is 0 Å². The molecule has 0 unspecified atom stereocenters. The van der Waals surface area contributed by atoms with Gasteiger partial charge in [-0.25, -0.2) is 15.0 Å². The number of fused-ring (bicyclic) bond motifs is 2. The fraction of sp³-hybridized carbons (Fsp3) is 0.360. The molecule has 1 aliphatic rings. The number of carbonyl (C=O) groups is 1. The SMILES string of the molecule is CN1CCCN(C)C(=O)COc2cc(ccc2OCCNc2nccs2)Nc2ncnc3[nH]cc(c23)C1. The molecule has 12 heteroatoms. The molecule has 0 fully saturated rings. The highest BCUT2D eigenvalue weighted by atomic mass is 32.1. The molecule has 0 saturated carbocycles. The molecular formula is C25H30N8O3S. The predicted molar refractivity (Wildman–Crippen MR) is 144 cm³/mol. The number of thiazole rings is 1. The zero-order chi connectivity index (χ0) is 25.6. The van der Waals surface area contributed by atoms with Gasteiger partial charge in [-0.2, -0.15) is 0 Å². The lowest BCUT2D eigenvalue weighted by atomic mass is 10.2. The van der Waals surface area contributed by atoms with E-state index in [0.29, 0.717) is 37.0 Å². The van der Waals surface area contributed by atoms with Gasteiger partial charge in [0, 0.05) is 49.7 Å². The van der Waals surface area contributed by atoms with Gasteiger partial charge in [-0.05, 0) is 37.7 Å². The number of benzene rings is 1. The van der Waals surface area contributed by atoms with Crippen LogP contribution in [0, 0.1) is 0 Å². The van der Waals surface area contributed by atoms with Crippen LogP contribution in [0.2, 0.25) is 0 Å². The van der Waals surface area contributed by atoms with E-state index in [4.69, 9.17) is 9.47 Å². The second kappa shape index (κ2) is 11.4. The molecule has 5 rings (SSSR count). The van der Waals surface area contributed by atoms with Crippen LogP contribution in [0.4, 0.5) is 16.6 Å². The van der Waals surface area contributed by atoms with Crippen molar-refractivity contribution in [3.8, 4) is 11.5 Å². The van der Waals surface area contributed by atoms with E-state index in [-0.39, 0.29) is 12.5 Å². The maximum absolute atomic E-state index is 12.7. The van der Waals surface area contributed by atoms with Gasteiger partial charge >= 0.3 is 0 Å². The van der Waals surface area contributed by atoms with Crippen LogP contribution in [0.3, 0.4) is 0 Å². The number of nitrogens with one attached hydrogen (secondary N) is 3. The van der Waals surface area contributed by atoms with Gasteiger partial charge in [0.1, 0.15) is 24.4 Å². The van der Waals surface area contributed by atoms with Crippen LogP contribution in [0.25, 0.3) is 11.0 Å². The van der Waals surface area contributed by atoms with Crippen LogP contribution in [0.5, 0.6) is 11.5 Å². The molecule has 1 aliphatic heterocycles. The van der Waals surface area contributed by atoms with Crippen molar-refractivity contribution in [3.05, 3.63) is 47.9 Å². The first-order valence-corrected chi connectivity index (χ1v) is 13.0. The first-order chi connectivity index (χ1) is 18.1. The number of rotatable bonds is 5. The van der Waals surface area contributed by atoms with Crippen LogP contribution < -0.4 is 20.1 Å². The lowest BCUT2D eigenvalue weighted by molar-refractivity contribution is -0.132. The summed E-state index contributed by atoms with van der Waals surface area (Å²) in [4.78, 5) is 33.1. The molecule has 0 atom stereocenters. The Bertz CT molecular complexity index is 1340. The minimum atomic E-state index is -0.0880. The summed E-state index contributed by atoms with van der Waals surface area (Å²) in [5.74, 6) is 1.65. The average Bonchev–Trinajstić information content (AvgIpc) is 3.56. The van der Waals surface area contributed by atoms with Gasteiger partial charge in [0.15, 0.2) is 23.2 Å². The number of amides is 1. The number of aromatic nitrogens is 4. The summed E-state index contributed by atoms with van der Waals surface area (Å²) in [7, 11) is 3.87. The second-order valence-electron chi connectivity index (χ2n) is 8.85. The Balaban J connectivity index is 1.41. The van der Waals surface area contributed by atoms with Crippen molar-refractivity contribution in [2.45, 2.75) is 13.0 Å². The lowest BCUT2D eigenvalue weighted by Crippen LogP contribution is -2.33. The number of hydrogen-bond acceptors (Lipinski definition) is 10. The maximum atomic E-state index is 12.7. The zero-order valence-corrected chi connectivity index (χ0v) is 21.7. The third-order valence-electron chi connectivity index (χ3n) is 6.08. The molecule has 37 heavy (non-hydrogen) atoms. The van der Waals surface area contributed by atoms with E-state index in [9.17, 15) is 4.79 Å². The number of nitrogens with zero attached hydrogens (tertiary/aromatic N) is 5. The number of ether oxygens (including phenoxy) is 2. The zero-order valence-electron chi connectivity index (χ0n) is 20.9. The Kier molecular flexibility index (Phi) is 7.66. The molecule has 0 spiro atoms. The van der Waals surface area contributed by atoms with Crippen molar-refractivity contribution < 1.29 is 14.3 Å². The number of H-pyrrole nitrogens is 1. The minimum Gasteiger partial charge on any atom is -0.488 e. The van der Waals surface area contributed by atoms with Crippen molar-refractivity contribution in [1.29, 1.82) is 0 Å². The molecule has 1 aromatic carbocycles. The fourth-order valence-electron chi connectivity index (χ4n) is 4.15. The minimum absolute atomic E-state index is 0.0801. The van der Waals surface area contributed by atoms with E-state index in [1.807, 2.05) is 29.8 Å². The van der Waals surface area contributed by atoms with Crippen LogP contribution >= 0.6 is 11.3 Å². The Morgan fingerprint density at radius 3 is 3.00 bits per heavy atom. The Hall–Kier alpha value is -3.90. The summed E-state index contributed by atoms with van der Waals surface area (Å²) in [6, 6.07) is 5.57. The highest BCUT2D eigenvalue weighted by molar-refractivity contribution is 7.13. The molecule has 0 radical (unpaired) electrons. The maximum Gasteiger partial charge on any atom is 0.260 e. The average molecular weight is 523 g/mol. The molecule has 4 heterocycles. The molecule has 0 aliphatic carbocycles. The molecular weight excluding hydrogens is 492 g/mol. The topological polar surface area (TPSA) is 121 Å². The van der Waals surface area contributed by atoms with Crippen LogP contribution in [-0.2, 0) is 11.3 Å². The van der Waals surface area contributed by atoms with Gasteiger partial charge < -0.3 is 34.9 Å². The first-order valence-electron chi connectivity index (χ1n) is 12.1. The van der Waals surface area contributed by atoms with Crippen molar-refractivity contribution in [3.63, 3.8) is 0 Å². The van der Waals surface area contributed by atoms with Crippen molar-refractivity contribution >= 4 is 44.9 Å². The summed E-state index contributed by atoms with van der Waals surface area (Å²) in [6.07, 6.45) is 6.11. The molecule has 3 aromatic heterocycles. The molecule has 1 amide bonds. The van der Waals surface area contributed by atoms with E-state index in [2.05, 4.69) is 42.5 Å². The molecule has 194 valence electrons. The van der Waals surface area contributed by atoms with Gasteiger partial charge in [-0.15, -0.1) is 11.3 Å².